The molecule has 0 aliphatic carbocycles. The minimum Gasteiger partial charge on any atom is -0.303 e. The summed E-state index contributed by atoms with van der Waals surface area (Å²) in [6.45, 7) is 1.98. The molecule has 0 spiro atoms. The number of benzene rings is 1. The Morgan fingerprint density at radius 2 is 2.18 bits per heavy atom. The maximum absolute atomic E-state index is 11.4. The van der Waals surface area contributed by atoms with E-state index in [1.807, 2.05) is 37.3 Å². The van der Waals surface area contributed by atoms with Crippen molar-refractivity contribution in [1.29, 1.82) is 0 Å². The van der Waals surface area contributed by atoms with Crippen LogP contribution in [0.2, 0.25) is 0 Å². The molecule has 2 rings (SSSR count). The van der Waals surface area contributed by atoms with Gasteiger partial charge in [0.15, 0.2) is 5.17 Å². The first-order valence-corrected chi connectivity index (χ1v) is 6.31. The van der Waals surface area contributed by atoms with Crippen LogP contribution in [0, 0.1) is 0 Å². The Morgan fingerprint density at radius 1 is 1.41 bits per heavy atom. The lowest BCUT2D eigenvalue weighted by Gasteiger charge is -1.95. The Balaban J connectivity index is 1.98. The van der Waals surface area contributed by atoms with Gasteiger partial charge in [-0.15, -0.1) is 5.10 Å². The van der Waals surface area contributed by atoms with Gasteiger partial charge in [-0.2, -0.15) is 5.10 Å². The third kappa shape index (κ3) is 3.17. The Labute approximate surface area is 104 Å². The van der Waals surface area contributed by atoms with E-state index < -0.39 is 0 Å². The number of rotatable bonds is 3. The van der Waals surface area contributed by atoms with Crippen LogP contribution >= 0.6 is 11.8 Å². The van der Waals surface area contributed by atoms with Crippen molar-refractivity contribution in [2.75, 3.05) is 0 Å². The molecule has 88 valence electrons. The highest BCUT2D eigenvalue weighted by Gasteiger charge is 2.28. The molecule has 4 nitrogen and oxygen atoms in total. The summed E-state index contributed by atoms with van der Waals surface area (Å²) < 4.78 is 0. The van der Waals surface area contributed by atoms with E-state index in [9.17, 15) is 4.79 Å². The standard InChI is InChI=1S/C12H13N3OS/c1-2-10-11(16)14-12(17-10)15-13-8-9-6-4-3-5-7-9/h3-8,10H,2H2,1H3,(H,14,15,16)/b13-8-/t10-/m0/s1. The topological polar surface area (TPSA) is 53.8 Å². The van der Waals surface area contributed by atoms with Gasteiger partial charge in [-0.3, -0.25) is 4.79 Å². The van der Waals surface area contributed by atoms with E-state index in [4.69, 9.17) is 0 Å². The van der Waals surface area contributed by atoms with Crippen molar-refractivity contribution >= 4 is 29.1 Å². The first-order valence-electron chi connectivity index (χ1n) is 5.43. The second-order valence-electron chi connectivity index (χ2n) is 3.56. The molecule has 1 atom stereocenters. The van der Waals surface area contributed by atoms with E-state index in [-0.39, 0.29) is 11.2 Å². The maximum Gasteiger partial charge on any atom is 0.239 e. The number of nitrogens with zero attached hydrogens (tertiary/aromatic N) is 2. The Kier molecular flexibility index (Phi) is 3.93. The van der Waals surface area contributed by atoms with Gasteiger partial charge in [0.2, 0.25) is 5.91 Å². The zero-order valence-corrected chi connectivity index (χ0v) is 10.3. The van der Waals surface area contributed by atoms with Gasteiger partial charge in [0.1, 0.15) is 0 Å². The monoisotopic (exact) mass is 247 g/mol. The van der Waals surface area contributed by atoms with Crippen LogP contribution in [-0.4, -0.2) is 22.5 Å². The molecule has 1 aromatic rings. The van der Waals surface area contributed by atoms with E-state index in [0.29, 0.717) is 5.17 Å². The smallest absolute Gasteiger partial charge is 0.239 e. The molecule has 1 aliphatic heterocycles. The normalized spacial score (nSPS) is 22.3. The first kappa shape index (κ1) is 11.9. The first-order chi connectivity index (χ1) is 8.29. The number of amides is 1. The van der Waals surface area contributed by atoms with E-state index in [0.717, 1.165) is 12.0 Å². The van der Waals surface area contributed by atoms with Crippen LogP contribution < -0.4 is 5.32 Å². The van der Waals surface area contributed by atoms with Gasteiger partial charge in [-0.1, -0.05) is 49.0 Å². The van der Waals surface area contributed by atoms with Crippen LogP contribution in [0.4, 0.5) is 0 Å². The predicted octanol–water partition coefficient (Wildman–Crippen LogP) is 2.02. The molecule has 1 aliphatic rings. The molecule has 1 amide bonds. The average Bonchev–Trinajstić information content (AvgIpc) is 2.71. The zero-order valence-electron chi connectivity index (χ0n) is 9.46. The zero-order chi connectivity index (χ0) is 12.1. The molecule has 0 aromatic heterocycles. The molecule has 0 unspecified atom stereocenters. The molecular weight excluding hydrogens is 234 g/mol. The minimum absolute atomic E-state index is 0.0196. The molecule has 1 aromatic carbocycles. The van der Waals surface area contributed by atoms with Crippen molar-refractivity contribution in [2.24, 2.45) is 10.2 Å². The van der Waals surface area contributed by atoms with Crippen LogP contribution in [0.5, 0.6) is 0 Å². The third-order valence-corrected chi connectivity index (χ3v) is 3.54. The predicted molar refractivity (Wildman–Crippen MR) is 71.3 cm³/mol. The van der Waals surface area contributed by atoms with Gasteiger partial charge in [-0.05, 0) is 12.0 Å². The summed E-state index contributed by atoms with van der Waals surface area (Å²) >= 11 is 1.43. The lowest BCUT2D eigenvalue weighted by molar-refractivity contribution is -0.118. The summed E-state index contributed by atoms with van der Waals surface area (Å²) in [5, 5.41) is 11.2. The van der Waals surface area contributed by atoms with E-state index >= 15 is 0 Å². The van der Waals surface area contributed by atoms with Crippen LogP contribution in [-0.2, 0) is 4.79 Å². The minimum atomic E-state index is -0.0272. The lowest BCUT2D eigenvalue weighted by Crippen LogP contribution is -2.24. The highest BCUT2D eigenvalue weighted by Crippen LogP contribution is 2.21. The number of carbonyl (C=O) groups is 1. The van der Waals surface area contributed by atoms with Crippen molar-refractivity contribution in [1.82, 2.24) is 5.32 Å². The summed E-state index contributed by atoms with van der Waals surface area (Å²) in [5.74, 6) is 0.0196. The Hall–Kier alpha value is -1.62. The van der Waals surface area contributed by atoms with E-state index in [1.165, 1.54) is 11.8 Å². The summed E-state index contributed by atoms with van der Waals surface area (Å²) in [4.78, 5) is 11.4. The second kappa shape index (κ2) is 5.63. The van der Waals surface area contributed by atoms with Gasteiger partial charge < -0.3 is 5.32 Å². The van der Waals surface area contributed by atoms with Crippen LogP contribution in [0.1, 0.15) is 18.9 Å². The van der Waals surface area contributed by atoms with Crippen LogP contribution in [0.15, 0.2) is 40.5 Å². The fourth-order valence-electron chi connectivity index (χ4n) is 1.41. The molecule has 17 heavy (non-hydrogen) atoms. The van der Waals surface area contributed by atoms with Crippen LogP contribution in [0.3, 0.4) is 0 Å². The van der Waals surface area contributed by atoms with Gasteiger partial charge >= 0.3 is 0 Å². The molecular formula is C12H13N3OS. The fraction of sp³-hybridized carbons (Fsp3) is 0.250. The SMILES string of the molecule is CC[C@@H]1S/C(=N/N=C\c2ccccc2)NC1=O. The molecule has 0 saturated carbocycles. The van der Waals surface area contributed by atoms with Gasteiger partial charge in [0.05, 0.1) is 11.5 Å². The van der Waals surface area contributed by atoms with Crippen molar-refractivity contribution in [2.45, 2.75) is 18.6 Å². The number of nitrogens with one attached hydrogen (secondary N) is 1. The maximum atomic E-state index is 11.4. The molecule has 1 heterocycles. The third-order valence-electron chi connectivity index (χ3n) is 2.30. The van der Waals surface area contributed by atoms with Crippen molar-refractivity contribution < 1.29 is 4.79 Å². The molecule has 5 heteroatoms. The molecule has 1 saturated heterocycles. The Bertz CT molecular complexity index is 456. The average molecular weight is 247 g/mol. The largest absolute Gasteiger partial charge is 0.303 e. The summed E-state index contributed by atoms with van der Waals surface area (Å²) in [6, 6.07) is 9.71. The van der Waals surface area contributed by atoms with Gasteiger partial charge in [-0.25, -0.2) is 0 Å². The van der Waals surface area contributed by atoms with E-state index in [1.54, 1.807) is 6.21 Å². The summed E-state index contributed by atoms with van der Waals surface area (Å²) in [6.07, 6.45) is 2.47. The summed E-state index contributed by atoms with van der Waals surface area (Å²) in [7, 11) is 0. The second-order valence-corrected chi connectivity index (χ2v) is 4.76. The van der Waals surface area contributed by atoms with E-state index in [2.05, 4.69) is 15.5 Å². The van der Waals surface area contributed by atoms with Gasteiger partial charge in [0, 0.05) is 0 Å². The van der Waals surface area contributed by atoms with Crippen molar-refractivity contribution in [3.63, 3.8) is 0 Å². The van der Waals surface area contributed by atoms with Crippen molar-refractivity contribution in [3.05, 3.63) is 35.9 Å². The molecule has 1 N–H and O–H groups in total. The Morgan fingerprint density at radius 3 is 2.82 bits per heavy atom. The number of carbonyl (C=O) groups excluding carboxylic acids is 1. The molecule has 0 bridgehead atoms. The van der Waals surface area contributed by atoms with Crippen LogP contribution in [0.25, 0.3) is 0 Å². The number of thioether (sulfide) groups is 1. The number of hydrogen-bond acceptors (Lipinski definition) is 4. The number of amidine groups is 1. The quantitative estimate of drug-likeness (QED) is 0.656. The van der Waals surface area contributed by atoms with Gasteiger partial charge in [0.25, 0.3) is 0 Å². The van der Waals surface area contributed by atoms with Crippen molar-refractivity contribution in [3.8, 4) is 0 Å². The highest BCUT2D eigenvalue weighted by molar-refractivity contribution is 8.15. The summed E-state index contributed by atoms with van der Waals surface area (Å²) in [5.41, 5.74) is 0.984. The number of hydrogen-bond donors (Lipinski definition) is 1. The lowest BCUT2D eigenvalue weighted by atomic mass is 10.2. The highest BCUT2D eigenvalue weighted by atomic mass is 32.2. The molecule has 0 radical (unpaired) electrons. The fourth-order valence-corrected chi connectivity index (χ4v) is 2.26. The molecule has 1 fully saturated rings.